The molecule has 0 saturated carbocycles. The van der Waals surface area contributed by atoms with Crippen molar-refractivity contribution in [1.29, 1.82) is 0 Å². The molecule has 0 aromatic carbocycles. The van der Waals surface area contributed by atoms with Gasteiger partial charge >= 0.3 is 0 Å². The fourth-order valence-corrected chi connectivity index (χ4v) is 2.38. The number of ketones is 1. The van der Waals surface area contributed by atoms with E-state index >= 15 is 0 Å². The van der Waals surface area contributed by atoms with Gasteiger partial charge in [-0.1, -0.05) is 19.8 Å². The average molecular weight is 291 g/mol. The fourth-order valence-electron chi connectivity index (χ4n) is 2.38. The first-order chi connectivity index (χ1) is 10.0. The van der Waals surface area contributed by atoms with E-state index in [2.05, 4.69) is 11.9 Å². The lowest BCUT2D eigenvalue weighted by molar-refractivity contribution is -0.120. The predicted molar refractivity (Wildman–Crippen MR) is 78.7 cm³/mol. The van der Waals surface area contributed by atoms with E-state index < -0.39 is 11.8 Å². The van der Waals surface area contributed by atoms with Crippen LogP contribution in [0.1, 0.15) is 43.6 Å². The zero-order valence-corrected chi connectivity index (χ0v) is 12.4. The minimum absolute atomic E-state index is 0.000246. The van der Waals surface area contributed by atoms with Gasteiger partial charge in [0.15, 0.2) is 5.78 Å². The van der Waals surface area contributed by atoms with E-state index in [4.69, 9.17) is 10.6 Å². The molecular formula is C15H21N3O3. The Morgan fingerprint density at radius 1 is 1.62 bits per heavy atom. The van der Waals surface area contributed by atoms with Gasteiger partial charge < -0.3 is 5.73 Å². The molecule has 0 saturated heterocycles. The molecule has 0 spiro atoms. The second-order valence-electron chi connectivity index (χ2n) is 5.31. The molecule has 0 radical (unpaired) electrons. The third kappa shape index (κ3) is 3.39. The van der Waals surface area contributed by atoms with Gasteiger partial charge in [-0.25, -0.2) is 0 Å². The zero-order chi connectivity index (χ0) is 15.4. The molecule has 2 N–H and O–H groups in total. The lowest BCUT2D eigenvalue weighted by atomic mass is 9.95. The molecule has 6 heteroatoms. The maximum absolute atomic E-state index is 12.2. The van der Waals surface area contributed by atoms with E-state index in [0.29, 0.717) is 5.69 Å². The van der Waals surface area contributed by atoms with E-state index in [1.54, 1.807) is 17.2 Å². The molecule has 114 valence electrons. The summed E-state index contributed by atoms with van der Waals surface area (Å²) in [7, 11) is 0. The summed E-state index contributed by atoms with van der Waals surface area (Å²) >= 11 is 0. The number of amides is 1. The maximum atomic E-state index is 12.2. The van der Waals surface area contributed by atoms with Crippen LogP contribution in [0.25, 0.3) is 0 Å². The topological polar surface area (TPSA) is 85.5 Å². The second-order valence-corrected chi connectivity index (χ2v) is 5.31. The Kier molecular flexibility index (Phi) is 4.90. The fraction of sp³-hybridized carbons (Fsp3) is 0.533. The van der Waals surface area contributed by atoms with E-state index in [0.717, 1.165) is 19.3 Å². The van der Waals surface area contributed by atoms with Crippen LogP contribution in [0.5, 0.6) is 0 Å². The van der Waals surface area contributed by atoms with E-state index in [1.807, 2.05) is 6.92 Å². The van der Waals surface area contributed by atoms with Crippen LogP contribution in [0.2, 0.25) is 0 Å². The van der Waals surface area contributed by atoms with Crippen LogP contribution in [-0.2, 0) is 9.63 Å². The summed E-state index contributed by atoms with van der Waals surface area (Å²) in [5.41, 5.74) is 6.16. The minimum Gasteiger partial charge on any atom is -0.369 e. The molecule has 1 aliphatic heterocycles. The molecule has 1 amide bonds. The van der Waals surface area contributed by atoms with Crippen LogP contribution in [0.3, 0.4) is 0 Å². The summed E-state index contributed by atoms with van der Waals surface area (Å²) in [4.78, 5) is 33.6. The number of aromatic nitrogens is 1. The monoisotopic (exact) mass is 291 g/mol. The third-order valence-electron chi connectivity index (χ3n) is 3.57. The number of hydrogen-bond donors (Lipinski definition) is 1. The summed E-state index contributed by atoms with van der Waals surface area (Å²) in [6, 6.07) is 3.51. The average Bonchev–Trinajstić information content (AvgIpc) is 2.47. The number of carbonyl (C=O) groups excluding carboxylic acids is 2. The Morgan fingerprint density at radius 2 is 2.38 bits per heavy atom. The van der Waals surface area contributed by atoms with Gasteiger partial charge in [0.2, 0.25) is 5.91 Å². The second kappa shape index (κ2) is 6.67. The van der Waals surface area contributed by atoms with Gasteiger partial charge in [-0.3, -0.25) is 24.5 Å². The Balaban J connectivity index is 2.22. The molecule has 0 aliphatic carbocycles. The molecule has 6 nitrogen and oxygen atoms in total. The summed E-state index contributed by atoms with van der Waals surface area (Å²) < 4.78 is 0. The highest BCUT2D eigenvalue weighted by Crippen LogP contribution is 2.29. The van der Waals surface area contributed by atoms with Crippen LogP contribution in [0.15, 0.2) is 18.3 Å². The summed E-state index contributed by atoms with van der Waals surface area (Å²) in [5.74, 6) is -1.89. The van der Waals surface area contributed by atoms with Crippen molar-refractivity contribution in [3.63, 3.8) is 0 Å². The lowest BCUT2D eigenvalue weighted by Gasteiger charge is -2.34. The van der Waals surface area contributed by atoms with Crippen molar-refractivity contribution < 1.29 is 14.4 Å². The van der Waals surface area contributed by atoms with Gasteiger partial charge in [-0.2, -0.15) is 0 Å². The van der Waals surface area contributed by atoms with Crippen LogP contribution < -0.4 is 10.8 Å². The van der Waals surface area contributed by atoms with E-state index in [9.17, 15) is 9.59 Å². The number of nitrogens with two attached hydrogens (primary N) is 1. The van der Waals surface area contributed by atoms with Gasteiger partial charge in [0.1, 0.15) is 11.6 Å². The number of anilines is 1. The minimum atomic E-state index is -0.911. The molecule has 2 rings (SSSR count). The predicted octanol–water partition coefficient (Wildman–Crippen LogP) is 1.70. The van der Waals surface area contributed by atoms with Crippen LogP contribution in [0, 0.1) is 5.92 Å². The normalized spacial score (nSPS) is 19.2. The summed E-state index contributed by atoms with van der Waals surface area (Å²) in [6.45, 7) is 4.24. The highest BCUT2D eigenvalue weighted by molar-refractivity contribution is 6.13. The van der Waals surface area contributed by atoms with Gasteiger partial charge in [0.25, 0.3) is 0 Å². The van der Waals surface area contributed by atoms with Crippen molar-refractivity contribution in [2.45, 2.75) is 39.2 Å². The van der Waals surface area contributed by atoms with Crippen molar-refractivity contribution in [1.82, 2.24) is 4.98 Å². The Bertz CT molecular complexity index is 533. The number of Topliss-reactive ketones (excluding diaryl/α,β-unsaturated/α-hetero) is 1. The van der Waals surface area contributed by atoms with Gasteiger partial charge in [0.05, 0.1) is 18.3 Å². The van der Waals surface area contributed by atoms with E-state index in [1.165, 1.54) is 6.20 Å². The van der Waals surface area contributed by atoms with Crippen molar-refractivity contribution in [3.05, 3.63) is 24.0 Å². The smallest absolute Gasteiger partial charge is 0.230 e. The largest absolute Gasteiger partial charge is 0.369 e. The third-order valence-corrected chi connectivity index (χ3v) is 3.57. The molecular weight excluding hydrogens is 270 g/mol. The first-order valence-corrected chi connectivity index (χ1v) is 7.27. The molecule has 21 heavy (non-hydrogen) atoms. The molecule has 1 aliphatic rings. The summed E-state index contributed by atoms with van der Waals surface area (Å²) in [5, 5.41) is 1.58. The number of primary amides is 1. The molecule has 2 heterocycles. The molecule has 0 bridgehead atoms. The Hall–Kier alpha value is -1.95. The van der Waals surface area contributed by atoms with Crippen LogP contribution in [0.4, 0.5) is 5.69 Å². The number of unbranched alkanes of at least 4 members (excludes halogenated alkanes) is 1. The molecule has 1 aromatic rings. The Labute approximate surface area is 124 Å². The summed E-state index contributed by atoms with van der Waals surface area (Å²) in [6.07, 6.45) is 4.59. The van der Waals surface area contributed by atoms with Gasteiger partial charge in [0, 0.05) is 6.20 Å². The first kappa shape index (κ1) is 15.4. The number of pyridine rings is 1. The SMILES string of the molecule is CCCCC(C)ON1CC(C(N)=O)C(=O)c2ncccc21. The van der Waals surface area contributed by atoms with Crippen molar-refractivity contribution in [2.24, 2.45) is 11.7 Å². The van der Waals surface area contributed by atoms with Crippen molar-refractivity contribution in [3.8, 4) is 0 Å². The Morgan fingerprint density at radius 3 is 3.05 bits per heavy atom. The molecule has 1 aromatic heterocycles. The number of hydrogen-bond acceptors (Lipinski definition) is 5. The van der Waals surface area contributed by atoms with Gasteiger partial charge in [-0.15, -0.1) is 0 Å². The number of fused-ring (bicyclic) bond motifs is 1. The molecule has 2 atom stereocenters. The number of hydroxylamine groups is 1. The van der Waals surface area contributed by atoms with Crippen molar-refractivity contribution in [2.75, 3.05) is 11.6 Å². The first-order valence-electron chi connectivity index (χ1n) is 7.27. The highest BCUT2D eigenvalue weighted by Gasteiger charge is 2.37. The molecule has 2 unspecified atom stereocenters. The zero-order valence-electron chi connectivity index (χ0n) is 12.4. The van der Waals surface area contributed by atoms with E-state index in [-0.39, 0.29) is 24.1 Å². The van der Waals surface area contributed by atoms with Crippen molar-refractivity contribution >= 4 is 17.4 Å². The highest BCUT2D eigenvalue weighted by atomic mass is 16.7. The van der Waals surface area contributed by atoms with Crippen LogP contribution in [-0.4, -0.2) is 29.3 Å². The number of nitrogens with zero attached hydrogens (tertiary/aromatic N) is 2. The maximum Gasteiger partial charge on any atom is 0.230 e. The standard InChI is InChI=1S/C15H21N3O3/c1-3-4-6-10(2)21-18-9-11(15(16)20)14(19)13-12(18)7-5-8-17-13/h5,7-8,10-11H,3-4,6,9H2,1-2H3,(H2,16,20). The van der Waals surface area contributed by atoms with Crippen LogP contribution >= 0.6 is 0 Å². The van der Waals surface area contributed by atoms with Gasteiger partial charge in [-0.05, 0) is 25.5 Å². The lowest BCUT2D eigenvalue weighted by Crippen LogP contribution is -2.46. The number of carbonyl (C=O) groups is 2. The quantitative estimate of drug-likeness (QED) is 0.806. The number of rotatable bonds is 6. The molecule has 0 fully saturated rings.